The minimum absolute atomic E-state index is 0.159. The number of fused-ring (bicyclic) bond motifs is 2. The summed E-state index contributed by atoms with van der Waals surface area (Å²) in [6, 6.07) is 13.3. The molecule has 0 N–H and O–H groups in total. The van der Waals surface area contributed by atoms with Crippen molar-refractivity contribution in [2.75, 3.05) is 26.4 Å². The van der Waals surface area contributed by atoms with Crippen LogP contribution in [0.15, 0.2) is 42.5 Å². The van der Waals surface area contributed by atoms with E-state index in [-0.39, 0.29) is 36.0 Å². The van der Waals surface area contributed by atoms with Crippen LogP contribution in [0.3, 0.4) is 0 Å². The van der Waals surface area contributed by atoms with E-state index >= 15 is 0 Å². The maximum atomic E-state index is 13.1. The van der Waals surface area contributed by atoms with Gasteiger partial charge in [-0.05, 0) is 131 Å². The number of benzene rings is 3. The van der Waals surface area contributed by atoms with E-state index in [0.29, 0.717) is 29.7 Å². The van der Waals surface area contributed by atoms with Crippen LogP contribution in [0, 0.1) is 46.3 Å². The second kappa shape index (κ2) is 11.6. The van der Waals surface area contributed by atoms with Crippen LogP contribution >= 0.6 is 11.6 Å². The van der Waals surface area contributed by atoms with Gasteiger partial charge in [0.1, 0.15) is 11.5 Å². The Morgan fingerprint density at radius 2 is 0.957 bits per heavy atom. The highest BCUT2D eigenvalue weighted by Crippen LogP contribution is 2.61. The van der Waals surface area contributed by atoms with E-state index in [0.717, 1.165) is 57.1 Å². The molecule has 0 spiro atoms. The molecule has 47 heavy (non-hydrogen) atoms. The zero-order chi connectivity index (χ0) is 31.8. The lowest BCUT2D eigenvalue weighted by molar-refractivity contribution is -0.158. The molecule has 0 unspecified atom stereocenters. The third-order valence-corrected chi connectivity index (χ3v) is 13.2. The van der Waals surface area contributed by atoms with Gasteiger partial charge in [0, 0.05) is 37.4 Å². The minimum Gasteiger partial charge on any atom is -0.481 e. The van der Waals surface area contributed by atoms with Gasteiger partial charge in [-0.1, -0.05) is 35.9 Å². The molecule has 3 aromatic rings. The molecule has 0 radical (unpaired) electrons. The lowest BCUT2D eigenvalue weighted by Crippen LogP contribution is -2.48. The SMILES string of the molecule is O=C(COc1c2ccccc2c(OCC(=O)OCC23CC4CC(CC(C4)C2)C3)c2cc(Cl)ccc12)OCC12CC3CC(CC(C3)C1)C2. The van der Waals surface area contributed by atoms with E-state index < -0.39 is 0 Å². The fourth-order valence-electron chi connectivity index (χ4n) is 12.1. The summed E-state index contributed by atoms with van der Waals surface area (Å²) in [4.78, 5) is 26.2. The van der Waals surface area contributed by atoms with Crippen LogP contribution in [-0.4, -0.2) is 38.4 Å². The summed E-state index contributed by atoms with van der Waals surface area (Å²) >= 11 is 6.49. The summed E-state index contributed by atoms with van der Waals surface area (Å²) in [6.45, 7) is 0.638. The average molecular weight is 657 g/mol. The molecule has 0 heterocycles. The average Bonchev–Trinajstić information content (AvgIpc) is 3.03. The number of hydrogen-bond donors (Lipinski definition) is 0. The van der Waals surface area contributed by atoms with Gasteiger partial charge in [-0.25, -0.2) is 9.59 Å². The van der Waals surface area contributed by atoms with Gasteiger partial charge in [0.2, 0.25) is 0 Å². The standard InChI is InChI=1S/C40H45ClO6/c41-30-5-6-33-34(13-30)38(45-21-36(43)47-23-40-17-27-10-28(18-40)12-29(11-27)19-40)32-4-2-1-3-31(32)37(33)44-20-35(42)46-22-39-14-24-7-25(15-39)9-26(8-24)16-39/h1-6,13,24-29H,7-12,14-23H2. The molecule has 7 heteroatoms. The lowest BCUT2D eigenvalue weighted by Gasteiger charge is -2.56. The highest BCUT2D eigenvalue weighted by molar-refractivity contribution is 6.31. The van der Waals surface area contributed by atoms with Gasteiger partial charge in [-0.2, -0.15) is 0 Å². The second-order valence-corrected chi connectivity index (χ2v) is 17.1. The summed E-state index contributed by atoms with van der Waals surface area (Å²) in [5.41, 5.74) is 0.322. The highest BCUT2D eigenvalue weighted by atomic mass is 35.5. The molecular formula is C40H45ClO6. The zero-order valence-corrected chi connectivity index (χ0v) is 27.9. The van der Waals surface area contributed by atoms with E-state index in [1.807, 2.05) is 36.4 Å². The molecule has 0 saturated heterocycles. The molecule has 8 saturated carbocycles. The Hall–Kier alpha value is -2.99. The number of carbonyl (C=O) groups is 2. The fourth-order valence-corrected chi connectivity index (χ4v) is 12.3. The fraction of sp³-hybridized carbons (Fsp3) is 0.600. The molecule has 248 valence electrons. The molecule has 0 atom stereocenters. The molecule has 8 bridgehead atoms. The van der Waals surface area contributed by atoms with Crippen LogP contribution in [0.4, 0.5) is 0 Å². The highest BCUT2D eigenvalue weighted by Gasteiger charge is 2.52. The van der Waals surface area contributed by atoms with E-state index in [1.165, 1.54) is 77.0 Å². The summed E-state index contributed by atoms with van der Waals surface area (Å²) in [7, 11) is 0. The monoisotopic (exact) mass is 656 g/mol. The van der Waals surface area contributed by atoms with Crippen LogP contribution in [0.1, 0.15) is 77.0 Å². The predicted molar refractivity (Wildman–Crippen MR) is 181 cm³/mol. The van der Waals surface area contributed by atoms with E-state index in [4.69, 9.17) is 30.5 Å². The van der Waals surface area contributed by atoms with Gasteiger partial charge in [0.15, 0.2) is 13.2 Å². The first-order valence-corrected chi connectivity index (χ1v) is 18.4. The summed E-state index contributed by atoms with van der Waals surface area (Å²) in [5, 5.41) is 3.62. The van der Waals surface area contributed by atoms with E-state index in [1.54, 1.807) is 6.07 Å². The molecule has 0 amide bonds. The topological polar surface area (TPSA) is 71.1 Å². The van der Waals surface area contributed by atoms with Crippen molar-refractivity contribution < 1.29 is 28.5 Å². The molecule has 8 fully saturated rings. The van der Waals surface area contributed by atoms with Gasteiger partial charge in [-0.15, -0.1) is 0 Å². The van der Waals surface area contributed by atoms with Crippen LogP contribution in [0.2, 0.25) is 5.02 Å². The normalized spacial score (nSPS) is 34.6. The second-order valence-electron chi connectivity index (χ2n) is 16.6. The summed E-state index contributed by atoms with van der Waals surface area (Å²) in [5.74, 6) is 5.31. The van der Waals surface area contributed by atoms with E-state index in [2.05, 4.69) is 0 Å². The van der Waals surface area contributed by atoms with Crippen molar-refractivity contribution in [1.82, 2.24) is 0 Å². The first kappa shape index (κ1) is 30.1. The van der Waals surface area contributed by atoms with Crippen LogP contribution in [-0.2, 0) is 19.1 Å². The molecule has 8 aliphatic rings. The Morgan fingerprint density at radius 1 is 0.574 bits per heavy atom. The van der Waals surface area contributed by atoms with Crippen molar-refractivity contribution in [2.45, 2.75) is 77.0 Å². The van der Waals surface area contributed by atoms with Gasteiger partial charge in [0.25, 0.3) is 0 Å². The summed E-state index contributed by atoms with van der Waals surface area (Å²) in [6.07, 6.45) is 15.3. The number of rotatable bonds is 10. The molecule has 3 aromatic carbocycles. The molecule has 8 aliphatic carbocycles. The van der Waals surface area contributed by atoms with Gasteiger partial charge in [0.05, 0.1) is 13.2 Å². The molecule has 0 aliphatic heterocycles. The Kier molecular flexibility index (Phi) is 7.41. The van der Waals surface area contributed by atoms with Crippen molar-refractivity contribution in [3.05, 3.63) is 47.5 Å². The van der Waals surface area contributed by atoms with Crippen molar-refractivity contribution in [3.63, 3.8) is 0 Å². The first-order valence-electron chi connectivity index (χ1n) is 18.0. The number of ether oxygens (including phenoxy) is 4. The molecule has 6 nitrogen and oxygen atoms in total. The van der Waals surface area contributed by atoms with Crippen LogP contribution in [0.25, 0.3) is 21.5 Å². The smallest absolute Gasteiger partial charge is 0.344 e. The Balaban J connectivity index is 0.899. The minimum atomic E-state index is -0.345. The van der Waals surface area contributed by atoms with Gasteiger partial charge in [-0.3, -0.25) is 0 Å². The lowest BCUT2D eigenvalue weighted by atomic mass is 9.50. The maximum Gasteiger partial charge on any atom is 0.344 e. The van der Waals surface area contributed by atoms with E-state index in [9.17, 15) is 9.59 Å². The van der Waals surface area contributed by atoms with Gasteiger partial charge < -0.3 is 18.9 Å². The third-order valence-electron chi connectivity index (χ3n) is 13.0. The number of esters is 2. The van der Waals surface area contributed by atoms with Crippen LogP contribution in [0.5, 0.6) is 11.5 Å². The quantitative estimate of drug-likeness (QED) is 0.160. The number of hydrogen-bond acceptors (Lipinski definition) is 6. The largest absolute Gasteiger partial charge is 0.481 e. The molecule has 11 rings (SSSR count). The van der Waals surface area contributed by atoms with Crippen LogP contribution < -0.4 is 9.47 Å². The van der Waals surface area contributed by atoms with Crippen molar-refractivity contribution in [2.24, 2.45) is 46.3 Å². The number of carbonyl (C=O) groups excluding carboxylic acids is 2. The van der Waals surface area contributed by atoms with Gasteiger partial charge >= 0.3 is 11.9 Å². The Morgan fingerprint density at radius 3 is 1.38 bits per heavy atom. The summed E-state index contributed by atoms with van der Waals surface area (Å²) < 4.78 is 24.4. The predicted octanol–water partition coefficient (Wildman–Crippen LogP) is 8.92. The zero-order valence-electron chi connectivity index (χ0n) is 27.1. The molecule has 0 aromatic heterocycles. The maximum absolute atomic E-state index is 13.1. The Labute approximate surface area is 281 Å². The van der Waals surface area contributed by atoms with Crippen molar-refractivity contribution in [3.8, 4) is 11.5 Å². The van der Waals surface area contributed by atoms with Crippen molar-refractivity contribution >= 4 is 45.1 Å². The third kappa shape index (κ3) is 5.66. The number of halogens is 1. The molecular weight excluding hydrogens is 612 g/mol. The van der Waals surface area contributed by atoms with Crippen molar-refractivity contribution in [1.29, 1.82) is 0 Å². The Bertz CT molecular complexity index is 1660. The first-order chi connectivity index (χ1) is 22.8.